The molecule has 0 bridgehead atoms. The molecule has 0 spiro atoms. The summed E-state index contributed by atoms with van der Waals surface area (Å²) in [5.41, 5.74) is 6.93. The Kier molecular flexibility index (Phi) is 7.17. The van der Waals surface area contributed by atoms with Crippen LogP contribution < -0.4 is 5.73 Å². The first-order valence-corrected chi connectivity index (χ1v) is 9.96. The molecule has 2 N–H and O–H groups in total. The fourth-order valence-corrected chi connectivity index (χ4v) is 3.18. The summed E-state index contributed by atoms with van der Waals surface area (Å²) in [6, 6.07) is 22.6. The topological polar surface area (TPSA) is 116 Å². The summed E-state index contributed by atoms with van der Waals surface area (Å²) in [6.07, 6.45) is -1.09. The molecule has 8 heteroatoms. The van der Waals surface area contributed by atoms with Gasteiger partial charge >= 0.3 is 5.97 Å². The van der Waals surface area contributed by atoms with Gasteiger partial charge in [0, 0.05) is 19.2 Å². The van der Waals surface area contributed by atoms with Crippen LogP contribution in [0.2, 0.25) is 0 Å². The lowest BCUT2D eigenvalue weighted by molar-refractivity contribution is -0.383. The number of anilines is 1. The number of carbonyl (C=O) groups excluding carboxylic acids is 2. The van der Waals surface area contributed by atoms with Crippen molar-refractivity contribution in [3.05, 3.63) is 106 Å². The van der Waals surface area contributed by atoms with Crippen LogP contribution in [0.1, 0.15) is 28.4 Å². The van der Waals surface area contributed by atoms with Crippen LogP contribution in [-0.4, -0.2) is 27.8 Å². The van der Waals surface area contributed by atoms with E-state index < -0.39 is 22.7 Å². The van der Waals surface area contributed by atoms with Crippen LogP contribution in [0.4, 0.5) is 11.4 Å². The summed E-state index contributed by atoms with van der Waals surface area (Å²) in [5.74, 6) is -1.22. The van der Waals surface area contributed by atoms with Crippen molar-refractivity contribution in [2.75, 3.05) is 5.73 Å². The molecule has 0 radical (unpaired) electrons. The molecule has 0 aliphatic rings. The maximum absolute atomic E-state index is 13.2. The number of nitrogens with two attached hydrogens (primary N) is 1. The molecule has 164 valence electrons. The van der Waals surface area contributed by atoms with E-state index in [0.29, 0.717) is 13.1 Å². The SMILES string of the molecule is CC(OC(=O)c1ccc(N)c([N+](=O)[O-])c1)C(=O)N(Cc1ccccc1)Cc1ccccc1. The van der Waals surface area contributed by atoms with Gasteiger partial charge in [0.05, 0.1) is 10.5 Å². The van der Waals surface area contributed by atoms with E-state index in [1.807, 2.05) is 60.7 Å². The van der Waals surface area contributed by atoms with Gasteiger partial charge in [-0.1, -0.05) is 60.7 Å². The van der Waals surface area contributed by atoms with Gasteiger partial charge in [0.1, 0.15) is 5.69 Å². The Hall–Kier alpha value is -4.20. The quantitative estimate of drug-likeness (QED) is 0.249. The van der Waals surface area contributed by atoms with Crippen LogP contribution in [0.15, 0.2) is 78.9 Å². The second kappa shape index (κ2) is 10.2. The van der Waals surface area contributed by atoms with Crippen LogP contribution in [0.5, 0.6) is 0 Å². The Balaban J connectivity index is 1.76. The number of nitro benzene ring substituents is 1. The van der Waals surface area contributed by atoms with Crippen LogP contribution in [0.3, 0.4) is 0 Å². The number of amides is 1. The van der Waals surface area contributed by atoms with Crippen molar-refractivity contribution in [3.63, 3.8) is 0 Å². The number of nitro groups is 1. The van der Waals surface area contributed by atoms with E-state index in [4.69, 9.17) is 10.5 Å². The van der Waals surface area contributed by atoms with Crippen molar-refractivity contribution >= 4 is 23.3 Å². The van der Waals surface area contributed by atoms with Crippen molar-refractivity contribution in [2.24, 2.45) is 0 Å². The third kappa shape index (κ3) is 5.69. The fraction of sp³-hybridized carbons (Fsp3) is 0.167. The Morgan fingerprint density at radius 2 is 1.50 bits per heavy atom. The monoisotopic (exact) mass is 433 g/mol. The maximum Gasteiger partial charge on any atom is 0.339 e. The summed E-state index contributed by atoms with van der Waals surface area (Å²) < 4.78 is 5.34. The van der Waals surface area contributed by atoms with E-state index in [-0.39, 0.29) is 17.2 Å². The van der Waals surface area contributed by atoms with Crippen molar-refractivity contribution < 1.29 is 19.2 Å². The largest absolute Gasteiger partial charge is 0.449 e. The molecule has 1 atom stereocenters. The van der Waals surface area contributed by atoms with E-state index >= 15 is 0 Å². The van der Waals surface area contributed by atoms with Gasteiger partial charge in [0.2, 0.25) is 0 Å². The molecule has 3 rings (SSSR count). The minimum atomic E-state index is -1.09. The zero-order chi connectivity index (χ0) is 23.1. The molecule has 8 nitrogen and oxygen atoms in total. The number of hydrogen-bond donors (Lipinski definition) is 1. The van der Waals surface area contributed by atoms with Crippen LogP contribution in [0, 0.1) is 10.1 Å². The number of nitrogens with zero attached hydrogens (tertiary/aromatic N) is 2. The molecular weight excluding hydrogens is 410 g/mol. The van der Waals surface area contributed by atoms with Gasteiger partial charge in [-0.2, -0.15) is 0 Å². The summed E-state index contributed by atoms with van der Waals surface area (Å²) in [4.78, 5) is 37.7. The van der Waals surface area contributed by atoms with E-state index in [1.54, 1.807) is 4.90 Å². The second-order valence-electron chi connectivity index (χ2n) is 7.24. The van der Waals surface area contributed by atoms with Gasteiger partial charge in [0.25, 0.3) is 11.6 Å². The first-order valence-electron chi connectivity index (χ1n) is 9.96. The molecule has 1 unspecified atom stereocenters. The smallest absolute Gasteiger partial charge is 0.339 e. The van der Waals surface area contributed by atoms with Gasteiger partial charge in [0.15, 0.2) is 6.10 Å². The van der Waals surface area contributed by atoms with Crippen molar-refractivity contribution in [1.82, 2.24) is 4.90 Å². The van der Waals surface area contributed by atoms with Crippen molar-refractivity contribution in [2.45, 2.75) is 26.1 Å². The van der Waals surface area contributed by atoms with Gasteiger partial charge in [-0.25, -0.2) is 4.79 Å². The minimum Gasteiger partial charge on any atom is -0.449 e. The normalized spacial score (nSPS) is 11.4. The molecule has 3 aromatic rings. The molecule has 32 heavy (non-hydrogen) atoms. The highest BCUT2D eigenvalue weighted by molar-refractivity contribution is 5.93. The number of esters is 1. The highest BCUT2D eigenvalue weighted by Gasteiger charge is 2.26. The lowest BCUT2D eigenvalue weighted by Crippen LogP contribution is -2.39. The zero-order valence-corrected chi connectivity index (χ0v) is 17.5. The summed E-state index contributed by atoms with van der Waals surface area (Å²) in [7, 11) is 0. The van der Waals surface area contributed by atoms with E-state index in [2.05, 4.69) is 0 Å². The molecule has 0 heterocycles. The highest BCUT2D eigenvalue weighted by atomic mass is 16.6. The third-order valence-electron chi connectivity index (χ3n) is 4.84. The molecule has 0 saturated heterocycles. The van der Waals surface area contributed by atoms with Gasteiger partial charge < -0.3 is 15.4 Å². The number of nitrogen functional groups attached to an aromatic ring is 1. The third-order valence-corrected chi connectivity index (χ3v) is 4.84. The Morgan fingerprint density at radius 3 is 2.00 bits per heavy atom. The van der Waals surface area contributed by atoms with Gasteiger partial charge in [-0.05, 0) is 30.2 Å². The van der Waals surface area contributed by atoms with Crippen LogP contribution >= 0.6 is 0 Å². The number of carbonyl (C=O) groups is 2. The summed E-state index contributed by atoms with van der Waals surface area (Å²) >= 11 is 0. The molecule has 1 amide bonds. The number of ether oxygens (including phenoxy) is 1. The highest BCUT2D eigenvalue weighted by Crippen LogP contribution is 2.23. The predicted octanol–water partition coefficient (Wildman–Crippen LogP) is 3.95. The van der Waals surface area contributed by atoms with E-state index in [9.17, 15) is 19.7 Å². The van der Waals surface area contributed by atoms with Crippen molar-refractivity contribution in [1.29, 1.82) is 0 Å². The molecule has 0 saturated carbocycles. The molecule has 3 aromatic carbocycles. The Bertz CT molecular complexity index is 1060. The minimum absolute atomic E-state index is 0.0526. The van der Waals surface area contributed by atoms with E-state index in [1.165, 1.54) is 19.1 Å². The molecule has 0 aromatic heterocycles. The summed E-state index contributed by atoms with van der Waals surface area (Å²) in [5, 5.41) is 11.1. The second-order valence-corrected chi connectivity index (χ2v) is 7.24. The van der Waals surface area contributed by atoms with Crippen LogP contribution in [-0.2, 0) is 22.6 Å². The standard InChI is InChI=1S/C24H23N3O5/c1-17(32-24(29)20-12-13-21(25)22(14-20)27(30)31)23(28)26(15-18-8-4-2-5-9-18)16-19-10-6-3-7-11-19/h2-14,17H,15-16,25H2,1H3. The zero-order valence-electron chi connectivity index (χ0n) is 17.5. The lowest BCUT2D eigenvalue weighted by atomic mass is 10.1. The van der Waals surface area contributed by atoms with Gasteiger partial charge in [-0.3, -0.25) is 14.9 Å². The summed E-state index contributed by atoms with van der Waals surface area (Å²) in [6.45, 7) is 2.16. The number of hydrogen-bond acceptors (Lipinski definition) is 6. The molecular formula is C24H23N3O5. The fourth-order valence-electron chi connectivity index (χ4n) is 3.18. The first-order chi connectivity index (χ1) is 15.3. The average molecular weight is 433 g/mol. The van der Waals surface area contributed by atoms with Gasteiger partial charge in [-0.15, -0.1) is 0 Å². The maximum atomic E-state index is 13.2. The lowest BCUT2D eigenvalue weighted by Gasteiger charge is -2.26. The van der Waals surface area contributed by atoms with Crippen molar-refractivity contribution in [3.8, 4) is 0 Å². The molecule has 0 aliphatic heterocycles. The number of rotatable bonds is 8. The predicted molar refractivity (Wildman–Crippen MR) is 120 cm³/mol. The first kappa shape index (κ1) is 22.5. The number of benzene rings is 3. The average Bonchev–Trinajstić information content (AvgIpc) is 2.79. The Labute approximate surface area is 185 Å². The Morgan fingerprint density at radius 1 is 0.969 bits per heavy atom. The van der Waals surface area contributed by atoms with E-state index in [0.717, 1.165) is 17.2 Å². The van der Waals surface area contributed by atoms with Crippen LogP contribution in [0.25, 0.3) is 0 Å². The molecule has 0 aliphatic carbocycles. The molecule has 0 fully saturated rings.